The molecule has 6 nitrogen and oxygen atoms in total. The molecule has 1 saturated heterocycles. The van der Waals surface area contributed by atoms with Crippen LogP contribution in [0.1, 0.15) is 34.3 Å². The van der Waals surface area contributed by atoms with E-state index in [-0.39, 0.29) is 31.1 Å². The van der Waals surface area contributed by atoms with Gasteiger partial charge in [0.1, 0.15) is 0 Å². The molecule has 0 unspecified atom stereocenters. The number of carbonyl (C=O) groups excluding carboxylic acids is 2. The first-order valence-corrected chi connectivity index (χ1v) is 8.81. The van der Waals surface area contributed by atoms with Crippen LogP contribution in [0.3, 0.4) is 0 Å². The first-order chi connectivity index (χ1) is 12.0. The van der Waals surface area contributed by atoms with Gasteiger partial charge in [0, 0.05) is 44.6 Å². The van der Waals surface area contributed by atoms with E-state index >= 15 is 0 Å². The second-order valence-electron chi connectivity index (χ2n) is 6.61. The maximum absolute atomic E-state index is 12.3. The molecular formula is C19H28N2O4. The van der Waals surface area contributed by atoms with E-state index in [2.05, 4.69) is 10.2 Å². The highest BCUT2D eigenvalue weighted by Gasteiger charge is 2.16. The van der Waals surface area contributed by atoms with E-state index in [1.54, 1.807) is 0 Å². The summed E-state index contributed by atoms with van der Waals surface area (Å²) >= 11 is 0. The molecule has 25 heavy (non-hydrogen) atoms. The molecule has 2 N–H and O–H groups in total. The first-order valence-electron chi connectivity index (χ1n) is 8.81. The lowest BCUT2D eigenvalue weighted by Gasteiger charge is -2.28. The van der Waals surface area contributed by atoms with Crippen molar-refractivity contribution in [1.82, 2.24) is 10.2 Å². The quantitative estimate of drug-likeness (QED) is 0.687. The first kappa shape index (κ1) is 19.6. The average Bonchev–Trinajstić information content (AvgIpc) is 2.60. The Morgan fingerprint density at radius 2 is 1.96 bits per heavy atom. The van der Waals surface area contributed by atoms with Crippen LogP contribution >= 0.6 is 0 Å². The van der Waals surface area contributed by atoms with Gasteiger partial charge in [-0.25, -0.2) is 0 Å². The van der Waals surface area contributed by atoms with E-state index < -0.39 is 6.10 Å². The van der Waals surface area contributed by atoms with Gasteiger partial charge in [-0.1, -0.05) is 17.7 Å². The van der Waals surface area contributed by atoms with E-state index in [9.17, 15) is 14.7 Å². The number of aliphatic hydroxyl groups is 1. The second-order valence-corrected chi connectivity index (χ2v) is 6.61. The third kappa shape index (κ3) is 6.57. The van der Waals surface area contributed by atoms with Gasteiger partial charge in [0.15, 0.2) is 5.78 Å². The van der Waals surface area contributed by atoms with Gasteiger partial charge in [0.2, 0.25) is 5.91 Å². The molecule has 1 atom stereocenters. The number of aryl methyl sites for hydroxylation is 2. The monoisotopic (exact) mass is 348 g/mol. The number of ketones is 1. The van der Waals surface area contributed by atoms with E-state index in [1.807, 2.05) is 32.0 Å². The lowest BCUT2D eigenvalue weighted by Crippen LogP contribution is -2.44. The predicted octanol–water partition coefficient (Wildman–Crippen LogP) is 1.08. The molecule has 0 radical (unpaired) electrons. The van der Waals surface area contributed by atoms with Crippen LogP contribution in [0.4, 0.5) is 0 Å². The second kappa shape index (κ2) is 9.65. The molecule has 0 spiro atoms. The van der Waals surface area contributed by atoms with Crippen molar-refractivity contribution in [3.63, 3.8) is 0 Å². The van der Waals surface area contributed by atoms with Crippen LogP contribution in [-0.4, -0.2) is 67.2 Å². The summed E-state index contributed by atoms with van der Waals surface area (Å²) in [5, 5.41) is 12.7. The van der Waals surface area contributed by atoms with Gasteiger partial charge in [-0.2, -0.15) is 0 Å². The number of carbonyl (C=O) groups is 2. The Morgan fingerprint density at radius 1 is 1.24 bits per heavy atom. The summed E-state index contributed by atoms with van der Waals surface area (Å²) < 4.78 is 5.26. The normalized spacial score (nSPS) is 16.4. The number of morpholine rings is 1. The minimum atomic E-state index is -0.614. The average molecular weight is 348 g/mol. The third-order valence-corrected chi connectivity index (χ3v) is 4.38. The molecule has 0 bridgehead atoms. The SMILES string of the molecule is Cc1ccc(C)c(C(=O)CCC(=O)NC[C@H](O)CN2CCOCC2)c1. The molecular weight excluding hydrogens is 320 g/mol. The molecule has 1 heterocycles. The van der Waals surface area contributed by atoms with Crippen molar-refractivity contribution in [2.45, 2.75) is 32.8 Å². The van der Waals surface area contributed by atoms with Gasteiger partial charge < -0.3 is 15.2 Å². The van der Waals surface area contributed by atoms with Gasteiger partial charge in [-0.05, 0) is 25.5 Å². The van der Waals surface area contributed by atoms with Gasteiger partial charge in [0.05, 0.1) is 19.3 Å². The molecule has 1 amide bonds. The molecule has 1 fully saturated rings. The molecule has 2 rings (SSSR count). The maximum atomic E-state index is 12.3. The Balaban J connectivity index is 1.69. The zero-order valence-electron chi connectivity index (χ0n) is 15.1. The van der Waals surface area contributed by atoms with Crippen LogP contribution in [0.2, 0.25) is 0 Å². The van der Waals surface area contributed by atoms with Crippen molar-refractivity contribution < 1.29 is 19.4 Å². The fourth-order valence-electron chi connectivity index (χ4n) is 2.86. The Kier molecular flexibility index (Phi) is 7.55. The highest BCUT2D eigenvalue weighted by Crippen LogP contribution is 2.13. The molecule has 138 valence electrons. The van der Waals surface area contributed by atoms with Crippen molar-refractivity contribution in [2.24, 2.45) is 0 Å². The molecule has 1 aromatic rings. The highest BCUT2D eigenvalue weighted by molar-refractivity contribution is 5.99. The molecule has 6 heteroatoms. The lowest BCUT2D eigenvalue weighted by atomic mass is 9.99. The van der Waals surface area contributed by atoms with Gasteiger partial charge in [-0.15, -0.1) is 0 Å². The summed E-state index contributed by atoms with van der Waals surface area (Å²) in [4.78, 5) is 26.3. The summed E-state index contributed by atoms with van der Waals surface area (Å²) in [6.07, 6.45) is -0.302. The number of nitrogens with zero attached hydrogens (tertiary/aromatic N) is 1. The number of hydrogen-bond acceptors (Lipinski definition) is 5. The summed E-state index contributed by atoms with van der Waals surface area (Å²) in [6, 6.07) is 5.75. The number of benzene rings is 1. The zero-order valence-corrected chi connectivity index (χ0v) is 15.1. The minimum absolute atomic E-state index is 0.0229. The minimum Gasteiger partial charge on any atom is -0.390 e. The maximum Gasteiger partial charge on any atom is 0.220 e. The number of Topliss-reactive ketones (excluding diaryl/α,β-unsaturated/α-hetero) is 1. The summed E-state index contributed by atoms with van der Waals surface area (Å²) in [5.41, 5.74) is 2.64. The van der Waals surface area contributed by atoms with Gasteiger partial charge in [-0.3, -0.25) is 14.5 Å². The highest BCUT2D eigenvalue weighted by atomic mass is 16.5. The Morgan fingerprint density at radius 3 is 2.68 bits per heavy atom. The smallest absolute Gasteiger partial charge is 0.220 e. The van der Waals surface area contributed by atoms with E-state index in [4.69, 9.17) is 4.74 Å². The van der Waals surface area contributed by atoms with Crippen molar-refractivity contribution in [3.05, 3.63) is 34.9 Å². The molecule has 1 aliphatic heterocycles. The van der Waals surface area contributed by atoms with Crippen molar-refractivity contribution in [1.29, 1.82) is 0 Å². The number of β-amino-alcohol motifs (C(OH)–C–C–N with tert-alkyl or cyclic N) is 1. The number of ether oxygens (including phenoxy) is 1. The lowest BCUT2D eigenvalue weighted by molar-refractivity contribution is -0.121. The van der Waals surface area contributed by atoms with Crippen LogP contribution in [0.5, 0.6) is 0 Å². The van der Waals surface area contributed by atoms with Gasteiger partial charge >= 0.3 is 0 Å². The van der Waals surface area contributed by atoms with Crippen LogP contribution in [0.15, 0.2) is 18.2 Å². The Hall–Kier alpha value is -1.76. The molecule has 0 aromatic heterocycles. The van der Waals surface area contributed by atoms with E-state index in [1.165, 1.54) is 0 Å². The fraction of sp³-hybridized carbons (Fsp3) is 0.579. The van der Waals surface area contributed by atoms with Crippen LogP contribution in [-0.2, 0) is 9.53 Å². The largest absolute Gasteiger partial charge is 0.390 e. The molecule has 1 aromatic carbocycles. The fourth-order valence-corrected chi connectivity index (χ4v) is 2.86. The third-order valence-electron chi connectivity index (χ3n) is 4.38. The number of hydrogen-bond donors (Lipinski definition) is 2. The predicted molar refractivity (Wildman–Crippen MR) is 95.8 cm³/mol. The number of rotatable bonds is 8. The summed E-state index contributed by atoms with van der Waals surface area (Å²) in [6.45, 7) is 7.52. The number of aliphatic hydroxyl groups excluding tert-OH is 1. The van der Waals surface area contributed by atoms with Crippen LogP contribution in [0.25, 0.3) is 0 Å². The zero-order chi connectivity index (χ0) is 18.2. The van der Waals surface area contributed by atoms with E-state index in [0.717, 1.165) is 24.2 Å². The van der Waals surface area contributed by atoms with Gasteiger partial charge in [0.25, 0.3) is 0 Å². The van der Waals surface area contributed by atoms with Crippen LogP contribution in [0, 0.1) is 13.8 Å². The van der Waals surface area contributed by atoms with Crippen LogP contribution < -0.4 is 5.32 Å². The summed E-state index contributed by atoms with van der Waals surface area (Å²) in [7, 11) is 0. The van der Waals surface area contributed by atoms with E-state index in [0.29, 0.717) is 25.3 Å². The Bertz CT molecular complexity index is 597. The molecule has 0 saturated carbocycles. The number of amides is 1. The topological polar surface area (TPSA) is 78.9 Å². The van der Waals surface area contributed by atoms with Crippen molar-refractivity contribution in [2.75, 3.05) is 39.4 Å². The van der Waals surface area contributed by atoms with Crippen molar-refractivity contribution >= 4 is 11.7 Å². The number of nitrogens with one attached hydrogen (secondary N) is 1. The standard InChI is InChI=1S/C19H28N2O4/c1-14-3-4-15(2)17(11-14)18(23)5-6-19(24)20-12-16(22)13-21-7-9-25-10-8-21/h3-4,11,16,22H,5-10,12-13H2,1-2H3,(H,20,24)/t16-/m0/s1. The molecule has 1 aliphatic rings. The van der Waals surface area contributed by atoms with Crippen molar-refractivity contribution in [3.8, 4) is 0 Å². The summed E-state index contributed by atoms with van der Waals surface area (Å²) in [5.74, 6) is -0.232. The molecule has 0 aliphatic carbocycles. The Labute approximate surface area is 149 Å².